The molecule has 0 spiro atoms. The topological polar surface area (TPSA) is 96.0 Å². The van der Waals surface area contributed by atoms with E-state index in [-0.39, 0.29) is 36.0 Å². The molecule has 3 aromatic carbocycles. The number of nitrogens with one attached hydrogen (secondary N) is 1. The van der Waals surface area contributed by atoms with Gasteiger partial charge in [0.25, 0.3) is 5.91 Å². The number of anilines is 1. The molecule has 1 unspecified atom stereocenters. The lowest BCUT2D eigenvalue weighted by Crippen LogP contribution is -2.40. The zero-order chi connectivity index (χ0) is 25.3. The van der Waals surface area contributed by atoms with E-state index in [1.807, 2.05) is 30.3 Å². The smallest absolute Gasteiger partial charge is 0.255 e. The highest BCUT2D eigenvalue weighted by Gasteiger charge is 2.34. The maximum Gasteiger partial charge on any atom is 0.255 e. The van der Waals surface area contributed by atoms with Gasteiger partial charge in [0, 0.05) is 34.9 Å². The zero-order valence-corrected chi connectivity index (χ0v) is 20.8. The van der Waals surface area contributed by atoms with Gasteiger partial charge in [0.05, 0.1) is 24.2 Å². The Morgan fingerprint density at radius 3 is 2.36 bits per heavy atom. The molecular weight excluding hydrogens is 502 g/mol. The van der Waals surface area contributed by atoms with Crippen molar-refractivity contribution in [1.29, 1.82) is 0 Å². The molecule has 0 saturated carbocycles. The van der Waals surface area contributed by atoms with Crippen LogP contribution in [-0.2, 0) is 19.6 Å². The summed E-state index contributed by atoms with van der Waals surface area (Å²) in [5.74, 6) is -0.737. The molecule has 10 heteroatoms. The van der Waals surface area contributed by atoms with E-state index in [1.54, 1.807) is 18.2 Å². The average Bonchev–Trinajstić information content (AvgIpc) is 3.05. The third-order valence-corrected chi connectivity index (χ3v) is 8.44. The monoisotopic (exact) mass is 525 g/mol. The summed E-state index contributed by atoms with van der Waals surface area (Å²) in [6.07, 6.45) is 0. The van der Waals surface area contributed by atoms with Crippen LogP contribution in [0.3, 0.4) is 0 Å². The van der Waals surface area contributed by atoms with Gasteiger partial charge in [-0.2, -0.15) is 4.31 Å². The molecule has 1 saturated heterocycles. The molecule has 1 atom stereocenters. The molecule has 8 nitrogen and oxygen atoms in total. The van der Waals surface area contributed by atoms with Gasteiger partial charge in [0.2, 0.25) is 15.9 Å². The van der Waals surface area contributed by atoms with Crippen LogP contribution in [0.2, 0.25) is 5.02 Å². The van der Waals surface area contributed by atoms with Gasteiger partial charge >= 0.3 is 0 Å². The number of fused-ring (bicyclic) bond motifs is 1. The molecule has 1 N–H and O–H groups in total. The number of benzene rings is 3. The maximum atomic E-state index is 13.8. The van der Waals surface area contributed by atoms with Crippen LogP contribution in [-0.4, -0.2) is 62.3 Å². The molecule has 186 valence electrons. The molecular formula is C26H24ClN3O5S. The summed E-state index contributed by atoms with van der Waals surface area (Å²) in [4.78, 5) is 28.1. The molecule has 5 rings (SSSR count). The van der Waals surface area contributed by atoms with Crippen LogP contribution in [0, 0.1) is 0 Å². The van der Waals surface area contributed by atoms with E-state index in [2.05, 4.69) is 5.32 Å². The Labute approximate surface area is 214 Å². The number of ether oxygens (including phenoxy) is 1. The Hall–Kier alpha value is -3.24. The van der Waals surface area contributed by atoms with E-state index in [1.165, 1.54) is 33.5 Å². The van der Waals surface area contributed by atoms with E-state index < -0.39 is 22.0 Å². The van der Waals surface area contributed by atoms with Crippen molar-refractivity contribution in [3.05, 3.63) is 94.5 Å². The van der Waals surface area contributed by atoms with E-state index in [0.717, 1.165) is 5.56 Å². The van der Waals surface area contributed by atoms with Crippen molar-refractivity contribution in [3.63, 3.8) is 0 Å². The molecule has 2 amide bonds. The lowest BCUT2D eigenvalue weighted by Gasteiger charge is -2.31. The lowest BCUT2D eigenvalue weighted by molar-refractivity contribution is -0.117. The molecule has 0 aliphatic carbocycles. The molecule has 36 heavy (non-hydrogen) atoms. The number of rotatable bonds is 4. The van der Waals surface area contributed by atoms with Crippen molar-refractivity contribution in [2.45, 2.75) is 10.9 Å². The van der Waals surface area contributed by atoms with E-state index in [4.69, 9.17) is 16.3 Å². The van der Waals surface area contributed by atoms with E-state index in [0.29, 0.717) is 29.5 Å². The molecule has 0 bridgehead atoms. The highest BCUT2D eigenvalue weighted by molar-refractivity contribution is 7.89. The number of morpholine rings is 1. The lowest BCUT2D eigenvalue weighted by atomic mass is 9.95. The number of amides is 2. The molecule has 3 aromatic rings. The summed E-state index contributed by atoms with van der Waals surface area (Å²) in [6.45, 7) is 1.08. The normalized spacial score (nSPS) is 18.8. The Balaban J connectivity index is 1.52. The maximum absolute atomic E-state index is 13.8. The van der Waals surface area contributed by atoms with Gasteiger partial charge in [-0.05, 0) is 48.0 Å². The average molecular weight is 526 g/mol. The van der Waals surface area contributed by atoms with Gasteiger partial charge in [-0.15, -0.1) is 0 Å². The standard InChI is InChI=1S/C26H24ClN3O5S/c27-20-8-11-23-22(16-20)25(18-4-2-1-3-5-18)30(17-24(31)28-23)26(32)19-6-9-21(10-7-19)36(33,34)29-12-14-35-15-13-29/h1-11,16,25H,12-15,17H2,(H,28,31). The third kappa shape index (κ3) is 4.75. The van der Waals surface area contributed by atoms with E-state index in [9.17, 15) is 18.0 Å². The van der Waals surface area contributed by atoms with Crippen LogP contribution in [0.25, 0.3) is 0 Å². The van der Waals surface area contributed by atoms with Gasteiger partial charge in [0.15, 0.2) is 0 Å². The van der Waals surface area contributed by atoms with Gasteiger partial charge in [-0.25, -0.2) is 8.42 Å². The van der Waals surface area contributed by atoms with Crippen LogP contribution in [0.5, 0.6) is 0 Å². The number of sulfonamides is 1. The highest BCUT2D eigenvalue weighted by atomic mass is 35.5. The van der Waals surface area contributed by atoms with Crippen LogP contribution in [0.1, 0.15) is 27.5 Å². The Kier molecular flexibility index (Phi) is 6.81. The van der Waals surface area contributed by atoms with Crippen molar-refractivity contribution in [1.82, 2.24) is 9.21 Å². The van der Waals surface area contributed by atoms with Crippen molar-refractivity contribution in [2.75, 3.05) is 38.2 Å². The van der Waals surface area contributed by atoms with Gasteiger partial charge < -0.3 is 15.0 Å². The molecule has 1 fully saturated rings. The van der Waals surface area contributed by atoms with Gasteiger partial charge in [-0.1, -0.05) is 41.9 Å². The number of halogens is 1. The summed E-state index contributed by atoms with van der Waals surface area (Å²) >= 11 is 6.30. The van der Waals surface area contributed by atoms with Crippen molar-refractivity contribution < 1.29 is 22.7 Å². The number of nitrogens with zero attached hydrogens (tertiary/aromatic N) is 2. The third-order valence-electron chi connectivity index (χ3n) is 6.29. The second-order valence-corrected chi connectivity index (χ2v) is 10.9. The van der Waals surface area contributed by atoms with Crippen molar-refractivity contribution in [2.24, 2.45) is 0 Å². The number of hydrogen-bond acceptors (Lipinski definition) is 5. The first-order valence-corrected chi connectivity index (χ1v) is 13.3. The minimum Gasteiger partial charge on any atom is -0.379 e. The summed E-state index contributed by atoms with van der Waals surface area (Å²) in [7, 11) is -3.69. The van der Waals surface area contributed by atoms with Crippen molar-refractivity contribution in [3.8, 4) is 0 Å². The van der Waals surface area contributed by atoms with Gasteiger partial charge in [0.1, 0.15) is 6.54 Å². The number of carbonyl (C=O) groups is 2. The molecule has 0 radical (unpaired) electrons. The minimum absolute atomic E-state index is 0.103. The largest absolute Gasteiger partial charge is 0.379 e. The predicted molar refractivity (Wildman–Crippen MR) is 135 cm³/mol. The second-order valence-electron chi connectivity index (χ2n) is 8.57. The van der Waals surface area contributed by atoms with Crippen LogP contribution < -0.4 is 5.32 Å². The fourth-order valence-electron chi connectivity index (χ4n) is 4.53. The zero-order valence-electron chi connectivity index (χ0n) is 19.3. The molecule has 0 aromatic heterocycles. The Morgan fingerprint density at radius 1 is 0.972 bits per heavy atom. The van der Waals surface area contributed by atoms with Gasteiger partial charge in [-0.3, -0.25) is 9.59 Å². The fraction of sp³-hybridized carbons (Fsp3) is 0.231. The van der Waals surface area contributed by atoms with E-state index >= 15 is 0 Å². The van der Waals surface area contributed by atoms with Crippen molar-refractivity contribution >= 4 is 39.1 Å². The summed E-state index contributed by atoms with van der Waals surface area (Å²) in [5, 5.41) is 3.35. The summed E-state index contributed by atoms with van der Waals surface area (Å²) in [5.41, 5.74) is 2.37. The first kappa shape index (κ1) is 24.5. The summed E-state index contributed by atoms with van der Waals surface area (Å²) in [6, 6.07) is 19.8. The minimum atomic E-state index is -3.69. The van der Waals surface area contributed by atoms with Crippen LogP contribution >= 0.6 is 11.6 Å². The summed E-state index contributed by atoms with van der Waals surface area (Å²) < 4.78 is 32.6. The Bertz CT molecular complexity index is 1390. The predicted octanol–water partition coefficient (Wildman–Crippen LogP) is 3.54. The molecule has 2 heterocycles. The second kappa shape index (κ2) is 10.0. The Morgan fingerprint density at radius 2 is 1.67 bits per heavy atom. The first-order valence-electron chi connectivity index (χ1n) is 11.5. The highest BCUT2D eigenvalue weighted by Crippen LogP contribution is 2.38. The number of hydrogen-bond donors (Lipinski definition) is 1. The van der Waals surface area contributed by atoms with Crippen LogP contribution in [0.4, 0.5) is 5.69 Å². The quantitative estimate of drug-likeness (QED) is 0.562. The number of carbonyl (C=O) groups excluding carboxylic acids is 2. The molecule has 2 aliphatic rings. The molecule has 2 aliphatic heterocycles. The first-order chi connectivity index (χ1) is 17.3. The fourth-order valence-corrected chi connectivity index (χ4v) is 6.12. The van der Waals surface area contributed by atoms with Crippen LogP contribution in [0.15, 0.2) is 77.7 Å². The SMILES string of the molecule is O=C1CN(C(=O)c2ccc(S(=O)(=O)N3CCOCC3)cc2)C(c2ccccc2)c2cc(Cl)ccc2N1.